The fourth-order valence-corrected chi connectivity index (χ4v) is 1.41. The van der Waals surface area contributed by atoms with Gasteiger partial charge in [0.15, 0.2) is 0 Å². The second-order valence-electron chi connectivity index (χ2n) is 3.31. The van der Waals surface area contributed by atoms with E-state index >= 15 is 0 Å². The van der Waals surface area contributed by atoms with Gasteiger partial charge in [0.2, 0.25) is 5.88 Å². The van der Waals surface area contributed by atoms with Gasteiger partial charge in [-0.1, -0.05) is 17.7 Å². The first-order chi connectivity index (χ1) is 8.16. The van der Waals surface area contributed by atoms with Crippen LogP contribution in [0, 0.1) is 11.6 Å². The molecule has 17 heavy (non-hydrogen) atoms. The second kappa shape index (κ2) is 5.10. The van der Waals surface area contributed by atoms with Crippen LogP contribution in [0.5, 0.6) is 5.88 Å². The molecule has 0 saturated heterocycles. The highest BCUT2D eigenvalue weighted by atomic mass is 35.5. The van der Waals surface area contributed by atoms with Crippen molar-refractivity contribution in [2.75, 3.05) is 0 Å². The average molecular weight is 256 g/mol. The van der Waals surface area contributed by atoms with Gasteiger partial charge in [0.1, 0.15) is 18.2 Å². The van der Waals surface area contributed by atoms with Crippen molar-refractivity contribution in [2.45, 2.75) is 6.61 Å². The number of pyridine rings is 1. The van der Waals surface area contributed by atoms with E-state index in [0.29, 0.717) is 5.88 Å². The predicted octanol–water partition coefficient (Wildman–Crippen LogP) is 3.59. The fourth-order valence-electron chi connectivity index (χ4n) is 1.26. The summed E-state index contributed by atoms with van der Waals surface area (Å²) >= 11 is 5.43. The van der Waals surface area contributed by atoms with Gasteiger partial charge in [0, 0.05) is 17.8 Å². The van der Waals surface area contributed by atoms with Gasteiger partial charge in [-0.05, 0) is 18.2 Å². The van der Waals surface area contributed by atoms with E-state index in [9.17, 15) is 8.78 Å². The van der Waals surface area contributed by atoms with Crippen molar-refractivity contribution in [2.24, 2.45) is 0 Å². The lowest BCUT2D eigenvalue weighted by Crippen LogP contribution is -2.00. The van der Waals surface area contributed by atoms with Crippen LogP contribution in [0.3, 0.4) is 0 Å². The average Bonchev–Trinajstić information content (AvgIpc) is 2.33. The minimum absolute atomic E-state index is 0.0950. The third kappa shape index (κ3) is 2.91. The molecule has 2 nitrogen and oxygen atoms in total. The summed E-state index contributed by atoms with van der Waals surface area (Å²) in [4.78, 5) is 3.90. The number of hydrogen-bond donors (Lipinski definition) is 0. The van der Waals surface area contributed by atoms with Crippen molar-refractivity contribution < 1.29 is 13.5 Å². The van der Waals surface area contributed by atoms with Gasteiger partial charge < -0.3 is 4.74 Å². The smallest absolute Gasteiger partial charge is 0.213 e. The summed E-state index contributed by atoms with van der Waals surface area (Å²) in [7, 11) is 0. The van der Waals surface area contributed by atoms with Gasteiger partial charge in [-0.25, -0.2) is 13.8 Å². The number of ether oxygens (including phenoxy) is 1. The van der Waals surface area contributed by atoms with E-state index in [4.69, 9.17) is 16.3 Å². The zero-order valence-electron chi connectivity index (χ0n) is 8.66. The van der Waals surface area contributed by atoms with E-state index in [1.165, 1.54) is 0 Å². The summed E-state index contributed by atoms with van der Waals surface area (Å²) in [5.41, 5.74) is 0.0950. The van der Waals surface area contributed by atoms with E-state index < -0.39 is 11.6 Å². The number of halogens is 3. The van der Waals surface area contributed by atoms with Crippen LogP contribution >= 0.6 is 11.6 Å². The van der Waals surface area contributed by atoms with Gasteiger partial charge in [0.25, 0.3) is 0 Å². The lowest BCUT2D eigenvalue weighted by Gasteiger charge is -2.06. The van der Waals surface area contributed by atoms with Gasteiger partial charge in [-0.3, -0.25) is 0 Å². The summed E-state index contributed by atoms with van der Waals surface area (Å²) in [5, 5.41) is -0.246. The highest BCUT2D eigenvalue weighted by Gasteiger charge is 2.09. The largest absolute Gasteiger partial charge is 0.473 e. The first-order valence-corrected chi connectivity index (χ1v) is 5.22. The molecule has 88 valence electrons. The Hall–Kier alpha value is -1.68. The Morgan fingerprint density at radius 2 is 2.00 bits per heavy atom. The zero-order valence-corrected chi connectivity index (χ0v) is 9.42. The third-order valence-corrected chi connectivity index (χ3v) is 2.39. The van der Waals surface area contributed by atoms with Crippen LogP contribution in [0.4, 0.5) is 8.78 Å². The van der Waals surface area contributed by atoms with E-state index in [1.54, 1.807) is 24.4 Å². The summed E-state index contributed by atoms with van der Waals surface area (Å²) in [6, 6.07) is 7.04. The topological polar surface area (TPSA) is 22.1 Å². The molecule has 5 heteroatoms. The SMILES string of the molecule is Fc1cc(COc2ccccn2)c(F)cc1Cl. The van der Waals surface area contributed by atoms with E-state index in [2.05, 4.69) is 4.98 Å². The number of benzene rings is 1. The van der Waals surface area contributed by atoms with Crippen molar-refractivity contribution in [1.82, 2.24) is 4.98 Å². The Kier molecular flexibility index (Phi) is 3.54. The van der Waals surface area contributed by atoms with Crippen LogP contribution in [0.15, 0.2) is 36.5 Å². The number of hydrogen-bond acceptors (Lipinski definition) is 2. The highest BCUT2D eigenvalue weighted by Crippen LogP contribution is 2.20. The number of rotatable bonds is 3. The number of aromatic nitrogens is 1. The predicted molar refractivity (Wildman–Crippen MR) is 59.9 cm³/mol. The third-order valence-electron chi connectivity index (χ3n) is 2.10. The fraction of sp³-hybridized carbons (Fsp3) is 0.0833. The maximum absolute atomic E-state index is 13.4. The van der Waals surface area contributed by atoms with Gasteiger partial charge in [-0.15, -0.1) is 0 Å². The molecule has 0 aliphatic heterocycles. The molecule has 0 bridgehead atoms. The van der Waals surface area contributed by atoms with Crippen molar-refractivity contribution in [1.29, 1.82) is 0 Å². The van der Waals surface area contributed by atoms with Gasteiger partial charge in [-0.2, -0.15) is 0 Å². The minimum Gasteiger partial charge on any atom is -0.473 e. The molecule has 0 aliphatic carbocycles. The zero-order chi connectivity index (χ0) is 12.3. The van der Waals surface area contributed by atoms with Crippen LogP contribution in [0.2, 0.25) is 5.02 Å². The summed E-state index contributed by atoms with van der Waals surface area (Å²) in [6.45, 7) is -0.100. The maximum atomic E-state index is 13.4. The standard InChI is InChI=1S/C12H8ClF2NO/c13-9-6-10(14)8(5-11(9)15)7-17-12-3-1-2-4-16-12/h1-6H,7H2. The van der Waals surface area contributed by atoms with Gasteiger partial charge in [0.05, 0.1) is 5.02 Å². The molecule has 1 heterocycles. The Labute approximate surface area is 102 Å². The normalized spacial score (nSPS) is 10.3. The molecule has 0 atom stereocenters. The van der Waals surface area contributed by atoms with Crippen molar-refractivity contribution in [3.8, 4) is 5.88 Å². The van der Waals surface area contributed by atoms with Crippen LogP contribution in [-0.2, 0) is 6.61 Å². The minimum atomic E-state index is -0.673. The van der Waals surface area contributed by atoms with Crippen molar-refractivity contribution >= 4 is 11.6 Å². The Morgan fingerprint density at radius 3 is 2.71 bits per heavy atom. The molecule has 0 aliphatic rings. The first kappa shape index (κ1) is 11.8. The molecule has 0 spiro atoms. The lowest BCUT2D eigenvalue weighted by atomic mass is 10.2. The lowest BCUT2D eigenvalue weighted by molar-refractivity contribution is 0.287. The Balaban J connectivity index is 2.12. The van der Waals surface area contributed by atoms with E-state index in [-0.39, 0.29) is 17.2 Å². The quantitative estimate of drug-likeness (QED) is 0.782. The number of nitrogens with zero attached hydrogens (tertiary/aromatic N) is 1. The molecule has 0 fully saturated rings. The molecular weight excluding hydrogens is 248 g/mol. The summed E-state index contributed by atoms with van der Waals surface area (Å²) in [5.74, 6) is -0.928. The van der Waals surface area contributed by atoms with Crippen LogP contribution in [0.1, 0.15) is 5.56 Å². The van der Waals surface area contributed by atoms with Crippen LogP contribution in [0.25, 0.3) is 0 Å². The first-order valence-electron chi connectivity index (χ1n) is 4.84. The molecule has 0 radical (unpaired) electrons. The second-order valence-corrected chi connectivity index (χ2v) is 3.72. The molecule has 0 N–H and O–H groups in total. The molecule has 1 aromatic carbocycles. The van der Waals surface area contributed by atoms with Crippen molar-refractivity contribution in [3.05, 3.63) is 58.7 Å². The van der Waals surface area contributed by atoms with Crippen LogP contribution in [-0.4, -0.2) is 4.98 Å². The monoisotopic (exact) mass is 255 g/mol. The van der Waals surface area contributed by atoms with Gasteiger partial charge >= 0.3 is 0 Å². The summed E-state index contributed by atoms with van der Waals surface area (Å²) in [6.07, 6.45) is 1.55. The van der Waals surface area contributed by atoms with E-state index in [0.717, 1.165) is 12.1 Å². The molecule has 2 rings (SSSR count). The van der Waals surface area contributed by atoms with Crippen molar-refractivity contribution in [3.63, 3.8) is 0 Å². The molecular formula is C12H8ClF2NO. The highest BCUT2D eigenvalue weighted by molar-refractivity contribution is 6.30. The van der Waals surface area contributed by atoms with E-state index in [1.807, 2.05) is 0 Å². The molecule has 0 amide bonds. The van der Waals surface area contributed by atoms with Crippen LogP contribution < -0.4 is 4.74 Å². The Morgan fingerprint density at radius 1 is 1.18 bits per heavy atom. The maximum Gasteiger partial charge on any atom is 0.213 e. The summed E-state index contributed by atoms with van der Waals surface area (Å²) < 4.78 is 31.7. The Bertz CT molecular complexity index is 519. The molecule has 2 aromatic rings. The molecule has 0 unspecified atom stereocenters. The molecule has 0 saturated carbocycles. The molecule has 1 aromatic heterocycles.